The van der Waals surface area contributed by atoms with Crippen molar-refractivity contribution in [3.63, 3.8) is 0 Å². The van der Waals surface area contributed by atoms with Crippen LogP contribution in [0.2, 0.25) is 0 Å². The van der Waals surface area contributed by atoms with E-state index in [1.807, 2.05) is 19.1 Å². The molecule has 1 unspecified atom stereocenters. The van der Waals surface area contributed by atoms with E-state index in [4.69, 9.17) is 9.73 Å². The van der Waals surface area contributed by atoms with Gasteiger partial charge in [0.05, 0.1) is 13.1 Å². The maximum absolute atomic E-state index is 11.9. The molecule has 1 heterocycles. The van der Waals surface area contributed by atoms with Crippen LogP contribution in [0.25, 0.3) is 0 Å². The fourth-order valence-corrected chi connectivity index (χ4v) is 3.19. The molecule has 1 aliphatic heterocycles. The standard InChI is InChI=1S/C22H37N5O2.HI/c1-6-23-22(24-15-18(3)29-20-9-7-17(2)8-10-20)25-19-11-13-27(14-12-19)16-21(28)26(4)5;/h7-10,18-19H,6,11-16H2,1-5H3,(H2,23,24,25);1H. The zero-order valence-electron chi connectivity index (χ0n) is 19.0. The molecule has 1 saturated heterocycles. The van der Waals surface area contributed by atoms with E-state index in [0.717, 1.165) is 44.2 Å². The van der Waals surface area contributed by atoms with Crippen LogP contribution in [0.1, 0.15) is 32.3 Å². The number of rotatable bonds is 8. The molecule has 1 aliphatic rings. The lowest BCUT2D eigenvalue weighted by Crippen LogP contribution is -2.50. The largest absolute Gasteiger partial charge is 0.489 e. The van der Waals surface area contributed by atoms with E-state index >= 15 is 0 Å². The summed E-state index contributed by atoms with van der Waals surface area (Å²) in [5.41, 5.74) is 1.22. The van der Waals surface area contributed by atoms with Crippen LogP contribution < -0.4 is 15.4 Å². The Balaban J connectivity index is 0.00000450. The lowest BCUT2D eigenvalue weighted by Gasteiger charge is -2.33. The summed E-state index contributed by atoms with van der Waals surface area (Å²) in [6, 6.07) is 8.46. The summed E-state index contributed by atoms with van der Waals surface area (Å²) < 4.78 is 5.95. The third-order valence-corrected chi connectivity index (χ3v) is 5.00. The van der Waals surface area contributed by atoms with Crippen molar-refractivity contribution in [3.05, 3.63) is 29.8 Å². The molecule has 1 aromatic carbocycles. The smallest absolute Gasteiger partial charge is 0.236 e. The highest BCUT2D eigenvalue weighted by molar-refractivity contribution is 14.0. The molecule has 0 saturated carbocycles. The molecule has 7 nitrogen and oxygen atoms in total. The number of likely N-dealkylation sites (N-methyl/N-ethyl adjacent to an activating group) is 1. The van der Waals surface area contributed by atoms with Crippen LogP contribution in [0.4, 0.5) is 0 Å². The number of nitrogens with one attached hydrogen (secondary N) is 2. The first-order chi connectivity index (χ1) is 13.9. The van der Waals surface area contributed by atoms with Gasteiger partial charge >= 0.3 is 0 Å². The Bertz CT molecular complexity index is 658. The third kappa shape index (κ3) is 9.51. The van der Waals surface area contributed by atoms with Gasteiger partial charge in [0.25, 0.3) is 0 Å². The van der Waals surface area contributed by atoms with Crippen LogP contribution >= 0.6 is 24.0 Å². The van der Waals surface area contributed by atoms with Gasteiger partial charge in [-0.15, -0.1) is 24.0 Å². The van der Waals surface area contributed by atoms with E-state index in [1.165, 1.54) is 5.56 Å². The monoisotopic (exact) mass is 531 g/mol. The molecule has 0 aliphatic carbocycles. The molecule has 1 fully saturated rings. The Hall–Kier alpha value is -1.55. The average Bonchev–Trinajstić information content (AvgIpc) is 2.69. The van der Waals surface area contributed by atoms with Gasteiger partial charge in [0, 0.05) is 39.8 Å². The molecule has 0 aromatic heterocycles. The highest BCUT2D eigenvalue weighted by atomic mass is 127. The minimum Gasteiger partial charge on any atom is -0.489 e. The van der Waals surface area contributed by atoms with E-state index in [-0.39, 0.29) is 36.0 Å². The summed E-state index contributed by atoms with van der Waals surface area (Å²) in [6.07, 6.45) is 1.99. The van der Waals surface area contributed by atoms with E-state index < -0.39 is 0 Å². The SMILES string of the molecule is CCNC(=NCC(C)Oc1ccc(C)cc1)NC1CCN(CC(=O)N(C)C)CC1.I. The average molecular weight is 531 g/mol. The molecule has 30 heavy (non-hydrogen) atoms. The van der Waals surface area contributed by atoms with E-state index in [2.05, 4.69) is 41.5 Å². The first-order valence-electron chi connectivity index (χ1n) is 10.6. The first-order valence-corrected chi connectivity index (χ1v) is 10.6. The first kappa shape index (κ1) is 26.5. The van der Waals surface area contributed by atoms with Gasteiger partial charge in [0.2, 0.25) is 5.91 Å². The second-order valence-corrected chi connectivity index (χ2v) is 7.94. The Labute approximate surface area is 198 Å². The molecule has 2 rings (SSSR count). The number of carbonyl (C=O) groups is 1. The summed E-state index contributed by atoms with van der Waals surface area (Å²) in [4.78, 5) is 20.5. The van der Waals surface area contributed by atoms with Gasteiger partial charge in [-0.3, -0.25) is 9.69 Å². The molecule has 8 heteroatoms. The second-order valence-electron chi connectivity index (χ2n) is 7.94. The van der Waals surface area contributed by atoms with Gasteiger partial charge in [-0.2, -0.15) is 0 Å². The van der Waals surface area contributed by atoms with Gasteiger partial charge in [-0.05, 0) is 45.7 Å². The lowest BCUT2D eigenvalue weighted by atomic mass is 10.1. The van der Waals surface area contributed by atoms with Gasteiger partial charge in [-0.25, -0.2) is 4.99 Å². The van der Waals surface area contributed by atoms with Crippen molar-refractivity contribution in [2.45, 2.75) is 45.8 Å². The van der Waals surface area contributed by atoms with Crippen molar-refractivity contribution in [2.75, 3.05) is 46.8 Å². The molecular weight excluding hydrogens is 493 g/mol. The topological polar surface area (TPSA) is 69.2 Å². The van der Waals surface area contributed by atoms with Crippen LogP contribution in [0.5, 0.6) is 5.75 Å². The zero-order valence-corrected chi connectivity index (χ0v) is 21.3. The van der Waals surface area contributed by atoms with Crippen LogP contribution in [0.15, 0.2) is 29.3 Å². The number of carbonyl (C=O) groups excluding carboxylic acids is 1. The molecule has 1 amide bonds. The van der Waals surface area contributed by atoms with E-state index in [0.29, 0.717) is 19.1 Å². The molecule has 0 radical (unpaired) electrons. The lowest BCUT2D eigenvalue weighted by molar-refractivity contribution is -0.130. The number of halogens is 1. The van der Waals surface area contributed by atoms with Crippen molar-refractivity contribution in [1.29, 1.82) is 0 Å². The number of benzene rings is 1. The van der Waals surface area contributed by atoms with Gasteiger partial charge in [0.1, 0.15) is 11.9 Å². The van der Waals surface area contributed by atoms with Crippen molar-refractivity contribution in [1.82, 2.24) is 20.4 Å². The van der Waals surface area contributed by atoms with Crippen molar-refractivity contribution >= 4 is 35.8 Å². The van der Waals surface area contributed by atoms with Crippen molar-refractivity contribution in [3.8, 4) is 5.75 Å². The number of nitrogens with zero attached hydrogens (tertiary/aromatic N) is 3. The highest BCUT2D eigenvalue weighted by Crippen LogP contribution is 2.13. The number of hydrogen-bond donors (Lipinski definition) is 2. The normalized spacial score (nSPS) is 16.4. The molecular formula is C22H38IN5O2. The molecule has 2 N–H and O–H groups in total. The summed E-state index contributed by atoms with van der Waals surface area (Å²) in [7, 11) is 3.61. The van der Waals surface area contributed by atoms with E-state index in [9.17, 15) is 4.79 Å². The van der Waals surface area contributed by atoms with Gasteiger partial charge < -0.3 is 20.3 Å². The highest BCUT2D eigenvalue weighted by Gasteiger charge is 2.22. The maximum atomic E-state index is 11.9. The van der Waals surface area contributed by atoms with Crippen molar-refractivity contribution in [2.24, 2.45) is 4.99 Å². The summed E-state index contributed by atoms with van der Waals surface area (Å²) >= 11 is 0. The molecule has 0 spiro atoms. The zero-order chi connectivity index (χ0) is 21.2. The summed E-state index contributed by atoms with van der Waals surface area (Å²) in [5, 5.41) is 6.87. The number of aryl methyl sites for hydroxylation is 1. The Kier molecular flexibility index (Phi) is 12.1. The van der Waals surface area contributed by atoms with Crippen LogP contribution in [-0.2, 0) is 4.79 Å². The molecule has 1 atom stereocenters. The predicted molar refractivity (Wildman–Crippen MR) is 134 cm³/mol. The number of guanidine groups is 1. The number of aliphatic imine (C=N–C) groups is 1. The molecule has 1 aromatic rings. The Morgan fingerprint density at radius 3 is 2.47 bits per heavy atom. The predicted octanol–water partition coefficient (Wildman–Crippen LogP) is 2.49. The minimum atomic E-state index is -0.00736. The number of piperidine rings is 1. The quantitative estimate of drug-likeness (QED) is 0.307. The summed E-state index contributed by atoms with van der Waals surface area (Å²) in [5.74, 6) is 1.86. The fourth-order valence-electron chi connectivity index (χ4n) is 3.19. The number of amides is 1. The number of ether oxygens (including phenoxy) is 1. The Morgan fingerprint density at radius 1 is 1.27 bits per heavy atom. The van der Waals surface area contributed by atoms with E-state index in [1.54, 1.807) is 19.0 Å². The second kappa shape index (κ2) is 13.7. The third-order valence-electron chi connectivity index (χ3n) is 5.00. The van der Waals surface area contributed by atoms with Crippen LogP contribution in [-0.4, -0.2) is 80.6 Å². The minimum absolute atomic E-state index is 0. The molecule has 0 bridgehead atoms. The Morgan fingerprint density at radius 2 is 1.90 bits per heavy atom. The van der Waals surface area contributed by atoms with Gasteiger partial charge in [0.15, 0.2) is 5.96 Å². The summed E-state index contributed by atoms with van der Waals surface area (Å²) in [6.45, 7) is 9.91. The fraction of sp³-hybridized carbons (Fsp3) is 0.636. The van der Waals surface area contributed by atoms with Crippen molar-refractivity contribution < 1.29 is 9.53 Å². The van der Waals surface area contributed by atoms with Crippen LogP contribution in [0, 0.1) is 6.92 Å². The molecule has 170 valence electrons. The van der Waals surface area contributed by atoms with Crippen LogP contribution in [0.3, 0.4) is 0 Å². The van der Waals surface area contributed by atoms with Gasteiger partial charge in [-0.1, -0.05) is 17.7 Å². The number of hydrogen-bond acceptors (Lipinski definition) is 4. The number of likely N-dealkylation sites (tertiary alicyclic amines) is 1. The maximum Gasteiger partial charge on any atom is 0.236 e.